The van der Waals surface area contributed by atoms with Gasteiger partial charge in [0.05, 0.1) is 17.4 Å². The van der Waals surface area contributed by atoms with Crippen LogP contribution in [0.15, 0.2) is 0 Å². The molecule has 0 radical (unpaired) electrons. The standard InChI is InChI=1S/C10H22N2O3S/c1-4-9(7-11)16(13,14)12(3)10-5-6-15-8(10)2/h8-10H,4-7,11H2,1-3H3. The van der Waals surface area contributed by atoms with Crippen molar-refractivity contribution in [3.05, 3.63) is 0 Å². The SMILES string of the molecule is CCC(CN)S(=O)(=O)N(C)C1CCOC1C. The lowest BCUT2D eigenvalue weighted by Gasteiger charge is -2.29. The Morgan fingerprint density at radius 1 is 1.56 bits per heavy atom. The van der Waals surface area contributed by atoms with E-state index in [-0.39, 0.29) is 18.7 Å². The number of hydrogen-bond acceptors (Lipinski definition) is 4. The van der Waals surface area contributed by atoms with E-state index < -0.39 is 15.3 Å². The first-order chi connectivity index (χ1) is 7.45. The zero-order valence-corrected chi connectivity index (χ0v) is 11.0. The summed E-state index contributed by atoms with van der Waals surface area (Å²) in [5.41, 5.74) is 5.50. The number of sulfonamides is 1. The Balaban J connectivity index is 2.82. The van der Waals surface area contributed by atoms with Crippen molar-refractivity contribution in [1.29, 1.82) is 0 Å². The number of hydrogen-bond donors (Lipinski definition) is 1. The Bertz CT molecular complexity index is 314. The van der Waals surface area contributed by atoms with Gasteiger partial charge in [0.2, 0.25) is 10.0 Å². The number of ether oxygens (including phenoxy) is 1. The molecule has 1 fully saturated rings. The van der Waals surface area contributed by atoms with Gasteiger partial charge in [-0.3, -0.25) is 0 Å². The average molecular weight is 250 g/mol. The van der Waals surface area contributed by atoms with Gasteiger partial charge in [-0.25, -0.2) is 8.42 Å². The van der Waals surface area contributed by atoms with E-state index in [9.17, 15) is 8.42 Å². The van der Waals surface area contributed by atoms with E-state index in [1.807, 2.05) is 13.8 Å². The molecule has 96 valence electrons. The van der Waals surface area contributed by atoms with Gasteiger partial charge in [-0.1, -0.05) is 6.92 Å². The second-order valence-electron chi connectivity index (χ2n) is 4.26. The van der Waals surface area contributed by atoms with Crippen molar-refractivity contribution in [3.8, 4) is 0 Å². The maximum absolute atomic E-state index is 12.2. The highest BCUT2D eigenvalue weighted by Crippen LogP contribution is 2.23. The second kappa shape index (κ2) is 5.44. The zero-order valence-electron chi connectivity index (χ0n) is 10.2. The van der Waals surface area contributed by atoms with Crippen molar-refractivity contribution in [2.45, 2.75) is 44.1 Å². The van der Waals surface area contributed by atoms with Crippen molar-refractivity contribution in [3.63, 3.8) is 0 Å². The number of rotatable bonds is 5. The van der Waals surface area contributed by atoms with Gasteiger partial charge >= 0.3 is 0 Å². The Morgan fingerprint density at radius 2 is 2.19 bits per heavy atom. The largest absolute Gasteiger partial charge is 0.377 e. The van der Waals surface area contributed by atoms with Crippen LogP contribution in [-0.2, 0) is 14.8 Å². The summed E-state index contributed by atoms with van der Waals surface area (Å²) in [6, 6.07) is -0.0504. The Kier molecular flexibility index (Phi) is 4.73. The molecule has 0 aliphatic carbocycles. The lowest BCUT2D eigenvalue weighted by Crippen LogP contribution is -2.47. The van der Waals surface area contributed by atoms with E-state index in [2.05, 4.69) is 0 Å². The van der Waals surface area contributed by atoms with Gasteiger partial charge in [0.1, 0.15) is 0 Å². The second-order valence-corrected chi connectivity index (χ2v) is 6.53. The quantitative estimate of drug-likeness (QED) is 0.754. The van der Waals surface area contributed by atoms with E-state index >= 15 is 0 Å². The van der Waals surface area contributed by atoms with Gasteiger partial charge in [0.25, 0.3) is 0 Å². The molecule has 0 saturated carbocycles. The van der Waals surface area contributed by atoms with Crippen LogP contribution in [0.25, 0.3) is 0 Å². The van der Waals surface area contributed by atoms with Crippen LogP contribution in [0.3, 0.4) is 0 Å². The first-order valence-electron chi connectivity index (χ1n) is 5.73. The molecule has 3 unspecified atom stereocenters. The lowest BCUT2D eigenvalue weighted by atomic mass is 10.2. The van der Waals surface area contributed by atoms with Crippen molar-refractivity contribution in [2.24, 2.45) is 5.73 Å². The molecule has 0 bridgehead atoms. The Morgan fingerprint density at radius 3 is 2.56 bits per heavy atom. The van der Waals surface area contributed by atoms with E-state index in [4.69, 9.17) is 10.5 Å². The molecule has 1 rings (SSSR count). The molecule has 1 aliphatic heterocycles. The Hall–Kier alpha value is -0.170. The Labute approximate surface area is 98.0 Å². The normalized spacial score (nSPS) is 28.6. The third kappa shape index (κ3) is 2.56. The molecule has 0 amide bonds. The fourth-order valence-corrected chi connectivity index (χ4v) is 3.91. The summed E-state index contributed by atoms with van der Waals surface area (Å²) < 4.78 is 31.3. The molecule has 1 heterocycles. The minimum atomic E-state index is -3.29. The van der Waals surface area contributed by atoms with E-state index in [0.29, 0.717) is 13.0 Å². The molecule has 0 spiro atoms. The molecule has 2 N–H and O–H groups in total. The third-order valence-electron chi connectivity index (χ3n) is 3.34. The van der Waals surface area contributed by atoms with Crippen molar-refractivity contribution >= 4 is 10.0 Å². The van der Waals surface area contributed by atoms with E-state index in [0.717, 1.165) is 6.42 Å². The van der Waals surface area contributed by atoms with Crippen LogP contribution in [0.2, 0.25) is 0 Å². The first kappa shape index (κ1) is 13.9. The summed E-state index contributed by atoms with van der Waals surface area (Å²) >= 11 is 0. The molecular formula is C10H22N2O3S. The van der Waals surface area contributed by atoms with Crippen molar-refractivity contribution in [1.82, 2.24) is 4.31 Å². The molecule has 1 saturated heterocycles. The highest BCUT2D eigenvalue weighted by molar-refractivity contribution is 7.89. The van der Waals surface area contributed by atoms with E-state index in [1.54, 1.807) is 7.05 Å². The minimum absolute atomic E-state index is 0.0324. The van der Waals surface area contributed by atoms with Gasteiger partial charge in [-0.05, 0) is 19.8 Å². The van der Waals surface area contributed by atoms with Crippen LogP contribution in [0, 0.1) is 0 Å². The maximum Gasteiger partial charge on any atom is 0.218 e. The van der Waals surface area contributed by atoms with Crippen LogP contribution in [-0.4, -0.2) is 50.3 Å². The molecular weight excluding hydrogens is 228 g/mol. The predicted molar refractivity (Wildman–Crippen MR) is 63.6 cm³/mol. The van der Waals surface area contributed by atoms with Crippen LogP contribution in [0.1, 0.15) is 26.7 Å². The maximum atomic E-state index is 12.2. The topological polar surface area (TPSA) is 72.6 Å². The van der Waals surface area contributed by atoms with E-state index in [1.165, 1.54) is 4.31 Å². The summed E-state index contributed by atoms with van der Waals surface area (Å²) in [4.78, 5) is 0. The lowest BCUT2D eigenvalue weighted by molar-refractivity contribution is 0.102. The van der Waals surface area contributed by atoms with Crippen LogP contribution >= 0.6 is 0 Å². The van der Waals surface area contributed by atoms with Crippen molar-refractivity contribution in [2.75, 3.05) is 20.2 Å². The molecule has 1 aliphatic rings. The first-order valence-corrected chi connectivity index (χ1v) is 7.24. The fraction of sp³-hybridized carbons (Fsp3) is 1.00. The predicted octanol–water partition coefficient (Wildman–Crippen LogP) is 0.163. The van der Waals surface area contributed by atoms with Gasteiger partial charge in [0.15, 0.2) is 0 Å². The summed E-state index contributed by atoms with van der Waals surface area (Å²) in [5.74, 6) is 0. The van der Waals surface area contributed by atoms with Gasteiger partial charge in [0, 0.05) is 20.2 Å². The smallest absolute Gasteiger partial charge is 0.218 e. The molecule has 6 heteroatoms. The summed E-state index contributed by atoms with van der Waals surface area (Å²) in [5, 5.41) is -0.481. The summed E-state index contributed by atoms with van der Waals surface area (Å²) in [7, 11) is -1.66. The molecule has 3 atom stereocenters. The van der Waals surface area contributed by atoms with Crippen LogP contribution < -0.4 is 5.73 Å². The summed E-state index contributed by atoms with van der Waals surface area (Å²) in [6.45, 7) is 4.56. The monoisotopic (exact) mass is 250 g/mol. The number of nitrogens with two attached hydrogens (primary N) is 1. The van der Waals surface area contributed by atoms with Crippen LogP contribution in [0.5, 0.6) is 0 Å². The highest BCUT2D eigenvalue weighted by atomic mass is 32.2. The minimum Gasteiger partial charge on any atom is -0.377 e. The van der Waals surface area contributed by atoms with Crippen LogP contribution in [0.4, 0.5) is 0 Å². The molecule has 0 aromatic carbocycles. The molecule has 5 nitrogen and oxygen atoms in total. The highest BCUT2D eigenvalue weighted by Gasteiger charge is 2.37. The zero-order chi connectivity index (χ0) is 12.3. The average Bonchev–Trinajstić information content (AvgIpc) is 2.64. The molecule has 16 heavy (non-hydrogen) atoms. The fourth-order valence-electron chi connectivity index (χ4n) is 2.12. The molecule has 0 aromatic heterocycles. The number of likely N-dealkylation sites (N-methyl/N-ethyl adjacent to an activating group) is 1. The third-order valence-corrected chi connectivity index (χ3v) is 5.79. The van der Waals surface area contributed by atoms with Gasteiger partial charge in [-0.15, -0.1) is 0 Å². The molecule has 0 aromatic rings. The van der Waals surface area contributed by atoms with Crippen molar-refractivity contribution < 1.29 is 13.2 Å². The van der Waals surface area contributed by atoms with Gasteiger partial charge < -0.3 is 10.5 Å². The van der Waals surface area contributed by atoms with Gasteiger partial charge in [-0.2, -0.15) is 4.31 Å². The number of nitrogens with zero attached hydrogens (tertiary/aromatic N) is 1. The summed E-state index contributed by atoms with van der Waals surface area (Å²) in [6.07, 6.45) is 1.28.